The summed E-state index contributed by atoms with van der Waals surface area (Å²) in [7, 11) is 0. The molecule has 0 amide bonds. The van der Waals surface area contributed by atoms with E-state index in [0.29, 0.717) is 13.2 Å². The zero-order valence-corrected chi connectivity index (χ0v) is 12.1. The molecule has 0 aromatic rings. The van der Waals surface area contributed by atoms with Gasteiger partial charge in [0, 0.05) is 6.54 Å². The van der Waals surface area contributed by atoms with Crippen molar-refractivity contribution in [2.45, 2.75) is 26.3 Å². The van der Waals surface area contributed by atoms with E-state index in [1.54, 1.807) is 23.9 Å². The Hall–Kier alpha value is 0.0900. The van der Waals surface area contributed by atoms with Crippen LogP contribution in [-0.4, -0.2) is 41.4 Å². The van der Waals surface area contributed by atoms with Crippen LogP contribution >= 0.6 is 23.9 Å². The first-order valence-electron chi connectivity index (χ1n) is 5.36. The van der Waals surface area contributed by atoms with E-state index < -0.39 is 0 Å². The van der Waals surface area contributed by atoms with Crippen molar-refractivity contribution in [3.63, 3.8) is 0 Å². The highest BCUT2D eigenvalue weighted by Crippen LogP contribution is 2.27. The lowest BCUT2D eigenvalue weighted by molar-refractivity contribution is -0.148. The first kappa shape index (κ1) is 16.1. The molecule has 2 atom stereocenters. The van der Waals surface area contributed by atoms with Gasteiger partial charge in [-0.25, -0.2) is 0 Å². The van der Waals surface area contributed by atoms with Crippen LogP contribution in [0.15, 0.2) is 0 Å². The van der Waals surface area contributed by atoms with E-state index in [2.05, 4.69) is 13.8 Å². The molecule has 0 aliphatic rings. The summed E-state index contributed by atoms with van der Waals surface area (Å²) in [4.78, 5) is 11.9. The summed E-state index contributed by atoms with van der Waals surface area (Å²) in [6.45, 7) is 4.81. The zero-order chi connectivity index (χ0) is 12.6. The number of carbonyl (C=O) groups is 1. The topological polar surface area (TPSA) is 55.6 Å². The maximum Gasteiger partial charge on any atom is 0.325 e. The summed E-state index contributed by atoms with van der Waals surface area (Å²) < 4.78 is 7.11. The summed E-state index contributed by atoms with van der Waals surface area (Å²) in [5, 5.41) is 0. The van der Waals surface area contributed by atoms with Crippen LogP contribution in [0.1, 0.15) is 20.3 Å². The number of ether oxygens (including phenoxy) is 1. The molecule has 0 fully saturated rings. The number of hydrogen-bond donors (Lipinski definition) is 1. The van der Waals surface area contributed by atoms with E-state index in [1.165, 1.54) is 0 Å². The Bertz CT molecular complexity index is 201. The van der Waals surface area contributed by atoms with Crippen LogP contribution in [0.3, 0.4) is 0 Å². The maximum atomic E-state index is 11.9. The molecule has 0 spiro atoms. The Morgan fingerprint density at radius 2 is 2.00 bits per heavy atom. The molecule has 2 N–H and O–H groups in total. The van der Waals surface area contributed by atoms with Gasteiger partial charge in [-0.1, -0.05) is 44.2 Å². The van der Waals surface area contributed by atoms with Gasteiger partial charge in [-0.15, -0.1) is 0 Å². The Kier molecular flexibility index (Phi) is 9.21. The molecule has 0 radical (unpaired) electrons. The molecule has 0 rings (SSSR count). The highest BCUT2D eigenvalue weighted by atomic mass is 32.2. The van der Waals surface area contributed by atoms with E-state index >= 15 is 0 Å². The van der Waals surface area contributed by atoms with Gasteiger partial charge < -0.3 is 10.5 Å². The van der Waals surface area contributed by atoms with Crippen LogP contribution < -0.4 is 5.73 Å². The van der Waals surface area contributed by atoms with Crippen molar-refractivity contribution in [2.24, 2.45) is 11.7 Å². The summed E-state index contributed by atoms with van der Waals surface area (Å²) in [6, 6.07) is -0.207. The van der Waals surface area contributed by atoms with Crippen LogP contribution in [-0.2, 0) is 9.53 Å². The van der Waals surface area contributed by atoms with Crippen molar-refractivity contribution in [3.8, 4) is 0 Å². The lowest BCUT2D eigenvalue weighted by atomic mass is 10.0. The molecule has 0 aliphatic heterocycles. The minimum absolute atomic E-state index is 0.177. The zero-order valence-electron chi connectivity index (χ0n) is 10.4. The Morgan fingerprint density at radius 3 is 2.38 bits per heavy atom. The number of nitrogens with two attached hydrogens (primary N) is 1. The number of hydrogen-bond acceptors (Lipinski definition) is 6. The van der Waals surface area contributed by atoms with Gasteiger partial charge in [-0.3, -0.25) is 4.79 Å². The fourth-order valence-corrected chi connectivity index (χ4v) is 2.93. The summed E-state index contributed by atoms with van der Waals surface area (Å²) in [6.07, 6.45) is 4.87. The maximum absolute atomic E-state index is 11.9. The van der Waals surface area contributed by atoms with E-state index in [-0.39, 0.29) is 17.9 Å². The van der Waals surface area contributed by atoms with Crippen molar-refractivity contribution in [2.75, 3.05) is 25.7 Å². The Balaban J connectivity index is 4.57. The second kappa shape index (κ2) is 9.15. The third kappa shape index (κ3) is 4.95. The normalized spacial score (nSPS) is 14.9. The minimum atomic E-state index is -0.207. The van der Waals surface area contributed by atoms with Crippen LogP contribution in [0.5, 0.6) is 0 Å². The first-order chi connectivity index (χ1) is 7.62. The largest absolute Gasteiger partial charge is 0.463 e. The van der Waals surface area contributed by atoms with Gasteiger partial charge in [0.05, 0.1) is 0 Å². The molecule has 16 heavy (non-hydrogen) atoms. The van der Waals surface area contributed by atoms with Crippen LogP contribution in [0.2, 0.25) is 0 Å². The molecule has 0 aromatic heterocycles. The van der Waals surface area contributed by atoms with E-state index in [0.717, 1.165) is 6.42 Å². The van der Waals surface area contributed by atoms with Crippen molar-refractivity contribution in [3.05, 3.63) is 0 Å². The van der Waals surface area contributed by atoms with Gasteiger partial charge in [-0.2, -0.15) is 3.71 Å². The standard InChI is InChI=1S/C10H22N2O2S2/c1-5-8(2)9(12(15-3)16-4)10(13)14-7-6-11/h8-9H,5-7,11H2,1-4H3/t8-,9-/m0/s1. The SMILES string of the molecule is CC[C@H](C)[C@@H](C(=O)OCCN)N(SC)SC. The molecule has 4 nitrogen and oxygen atoms in total. The molecule has 0 heterocycles. The fraction of sp³-hybridized carbons (Fsp3) is 0.900. The molecule has 6 heteroatoms. The first-order valence-corrected chi connectivity index (χ1v) is 7.72. The monoisotopic (exact) mass is 266 g/mol. The third-order valence-electron chi connectivity index (χ3n) is 2.37. The van der Waals surface area contributed by atoms with Gasteiger partial charge in [0.15, 0.2) is 0 Å². The molecule has 0 saturated heterocycles. The minimum Gasteiger partial charge on any atom is -0.463 e. The van der Waals surface area contributed by atoms with E-state index in [4.69, 9.17) is 10.5 Å². The predicted octanol–water partition coefficient (Wildman–Crippen LogP) is 1.76. The van der Waals surface area contributed by atoms with E-state index in [1.807, 2.05) is 16.2 Å². The molecule has 0 bridgehead atoms. The average molecular weight is 266 g/mol. The molecule has 0 aromatic carbocycles. The van der Waals surface area contributed by atoms with Crippen molar-refractivity contribution in [1.82, 2.24) is 3.71 Å². The smallest absolute Gasteiger partial charge is 0.325 e. The van der Waals surface area contributed by atoms with Crippen molar-refractivity contribution in [1.29, 1.82) is 0 Å². The van der Waals surface area contributed by atoms with Gasteiger partial charge in [0.25, 0.3) is 0 Å². The van der Waals surface area contributed by atoms with Gasteiger partial charge in [0.1, 0.15) is 12.6 Å². The van der Waals surface area contributed by atoms with Crippen LogP contribution in [0.4, 0.5) is 0 Å². The number of carbonyl (C=O) groups excluding carboxylic acids is 1. The van der Waals surface area contributed by atoms with Gasteiger partial charge >= 0.3 is 5.97 Å². The fourth-order valence-electron chi connectivity index (χ4n) is 1.30. The average Bonchev–Trinajstić information content (AvgIpc) is 2.31. The second-order valence-corrected chi connectivity index (χ2v) is 5.19. The summed E-state index contributed by atoms with van der Waals surface area (Å²) in [5.41, 5.74) is 5.33. The lowest BCUT2D eigenvalue weighted by Gasteiger charge is -2.29. The van der Waals surface area contributed by atoms with Gasteiger partial charge in [0.2, 0.25) is 0 Å². The highest BCUT2D eigenvalue weighted by molar-refractivity contribution is 8.11. The van der Waals surface area contributed by atoms with Crippen molar-refractivity contribution < 1.29 is 9.53 Å². The number of rotatable bonds is 8. The third-order valence-corrected chi connectivity index (χ3v) is 4.44. The predicted molar refractivity (Wildman–Crippen MR) is 72.1 cm³/mol. The molecule has 0 saturated carbocycles. The number of esters is 1. The molecule has 0 aliphatic carbocycles. The Morgan fingerprint density at radius 1 is 1.44 bits per heavy atom. The van der Waals surface area contributed by atoms with E-state index in [9.17, 15) is 4.79 Å². The molecular formula is C10H22N2O2S2. The molecule has 0 unspecified atom stereocenters. The highest BCUT2D eigenvalue weighted by Gasteiger charge is 2.31. The van der Waals surface area contributed by atoms with Crippen LogP contribution in [0.25, 0.3) is 0 Å². The Labute approximate surface area is 107 Å². The summed E-state index contributed by atoms with van der Waals surface area (Å²) >= 11 is 3.10. The van der Waals surface area contributed by atoms with Crippen LogP contribution in [0, 0.1) is 5.92 Å². The molecule has 96 valence electrons. The quantitative estimate of drug-likeness (QED) is 0.534. The number of nitrogens with zero attached hydrogens (tertiary/aromatic N) is 1. The summed E-state index contributed by atoms with van der Waals surface area (Å²) in [5.74, 6) is 0.0914. The second-order valence-electron chi connectivity index (χ2n) is 3.44. The molecular weight excluding hydrogens is 244 g/mol. The van der Waals surface area contributed by atoms with Gasteiger partial charge in [-0.05, 0) is 18.4 Å². The van der Waals surface area contributed by atoms with Crippen molar-refractivity contribution >= 4 is 29.9 Å². The lowest BCUT2D eigenvalue weighted by Crippen LogP contribution is -2.39.